The van der Waals surface area contributed by atoms with Crippen molar-refractivity contribution >= 4 is 17.5 Å². The van der Waals surface area contributed by atoms with Gasteiger partial charge in [0.2, 0.25) is 0 Å². The molecule has 0 atom stereocenters. The molecule has 2 aromatic rings. The van der Waals surface area contributed by atoms with Crippen molar-refractivity contribution in [2.75, 3.05) is 32.7 Å². The standard InChI is InChI=1S/C23H24FN3O3/c1-15-2-5-18-20(12-15)30-19-13-16(24)3-4-17(19)21(25-18)27-10-8-26(9-11-27)14-23(6-7-23)22(28)29/h2-5,12-13H,6-11,14H2,1H3,(H,28,29). The molecule has 30 heavy (non-hydrogen) atoms. The fourth-order valence-electron chi connectivity index (χ4n) is 4.23. The Morgan fingerprint density at radius 2 is 1.90 bits per heavy atom. The summed E-state index contributed by atoms with van der Waals surface area (Å²) in [6.45, 7) is 5.59. The molecular formula is C23H24FN3O3. The summed E-state index contributed by atoms with van der Waals surface area (Å²) in [5, 5.41) is 9.46. The van der Waals surface area contributed by atoms with E-state index in [1.165, 1.54) is 12.1 Å². The second-order valence-corrected chi connectivity index (χ2v) is 8.50. The van der Waals surface area contributed by atoms with Gasteiger partial charge in [-0.15, -0.1) is 0 Å². The number of amidine groups is 1. The fraction of sp³-hybridized carbons (Fsp3) is 0.391. The maximum absolute atomic E-state index is 13.9. The van der Waals surface area contributed by atoms with Crippen LogP contribution in [0.25, 0.3) is 0 Å². The summed E-state index contributed by atoms with van der Waals surface area (Å²) in [6, 6.07) is 10.4. The lowest BCUT2D eigenvalue weighted by molar-refractivity contribution is -0.144. The molecule has 7 heteroatoms. The van der Waals surface area contributed by atoms with Gasteiger partial charge < -0.3 is 14.7 Å². The van der Waals surface area contributed by atoms with E-state index in [2.05, 4.69) is 9.80 Å². The van der Waals surface area contributed by atoms with Crippen molar-refractivity contribution in [1.29, 1.82) is 0 Å². The van der Waals surface area contributed by atoms with E-state index in [1.807, 2.05) is 25.1 Å². The SMILES string of the molecule is Cc1ccc2c(c1)Oc1cc(F)ccc1C(N1CCN(CC3(C(=O)O)CC3)CC1)=N2. The molecule has 6 nitrogen and oxygen atoms in total. The summed E-state index contributed by atoms with van der Waals surface area (Å²) in [4.78, 5) is 20.8. The van der Waals surface area contributed by atoms with Crippen LogP contribution in [-0.4, -0.2) is 59.4 Å². The van der Waals surface area contributed by atoms with Crippen molar-refractivity contribution in [1.82, 2.24) is 9.80 Å². The quantitative estimate of drug-likeness (QED) is 0.835. The van der Waals surface area contributed by atoms with Gasteiger partial charge in [0.25, 0.3) is 0 Å². The summed E-state index contributed by atoms with van der Waals surface area (Å²) in [7, 11) is 0. The van der Waals surface area contributed by atoms with Crippen LogP contribution >= 0.6 is 0 Å². The Labute approximate surface area is 174 Å². The van der Waals surface area contributed by atoms with Crippen LogP contribution in [0.15, 0.2) is 41.4 Å². The number of nitrogens with zero attached hydrogens (tertiary/aromatic N) is 3. The van der Waals surface area contributed by atoms with E-state index in [9.17, 15) is 14.3 Å². The molecule has 2 aromatic carbocycles. The molecule has 1 aliphatic carbocycles. The van der Waals surface area contributed by atoms with E-state index in [0.717, 1.165) is 61.7 Å². The Morgan fingerprint density at radius 1 is 1.13 bits per heavy atom. The number of ether oxygens (including phenoxy) is 1. The molecule has 0 unspecified atom stereocenters. The number of piperazine rings is 1. The zero-order valence-electron chi connectivity index (χ0n) is 16.9. The highest BCUT2D eigenvalue weighted by molar-refractivity contribution is 6.03. The van der Waals surface area contributed by atoms with Crippen molar-refractivity contribution < 1.29 is 19.0 Å². The van der Waals surface area contributed by atoms with E-state index in [-0.39, 0.29) is 5.82 Å². The van der Waals surface area contributed by atoms with E-state index in [1.54, 1.807) is 6.07 Å². The number of carboxylic acid groups (broad SMARTS) is 1. The molecule has 1 saturated heterocycles. The predicted molar refractivity (Wildman–Crippen MR) is 111 cm³/mol. The number of aliphatic carboxylic acids is 1. The van der Waals surface area contributed by atoms with Gasteiger partial charge in [0.05, 0.1) is 11.0 Å². The zero-order valence-corrected chi connectivity index (χ0v) is 16.9. The van der Waals surface area contributed by atoms with Crippen molar-refractivity contribution in [2.45, 2.75) is 19.8 Å². The predicted octanol–water partition coefficient (Wildman–Crippen LogP) is 3.80. The van der Waals surface area contributed by atoms with Crippen LogP contribution in [0.5, 0.6) is 11.5 Å². The van der Waals surface area contributed by atoms with Gasteiger partial charge in [-0.3, -0.25) is 9.69 Å². The van der Waals surface area contributed by atoms with Gasteiger partial charge in [0.15, 0.2) is 5.75 Å². The largest absolute Gasteiger partial charge is 0.481 e. The van der Waals surface area contributed by atoms with Crippen LogP contribution in [0.3, 0.4) is 0 Å². The van der Waals surface area contributed by atoms with Gasteiger partial charge in [-0.25, -0.2) is 9.38 Å². The fourth-order valence-corrected chi connectivity index (χ4v) is 4.23. The lowest BCUT2D eigenvalue weighted by atomic mass is 10.1. The molecule has 2 aliphatic heterocycles. The van der Waals surface area contributed by atoms with Crippen molar-refractivity contribution in [3.63, 3.8) is 0 Å². The minimum atomic E-state index is -0.682. The number of carboxylic acids is 1. The molecule has 0 aromatic heterocycles. The first-order valence-electron chi connectivity index (χ1n) is 10.3. The topological polar surface area (TPSA) is 65.4 Å². The molecule has 5 rings (SSSR count). The Hall–Kier alpha value is -2.93. The second-order valence-electron chi connectivity index (χ2n) is 8.50. The third-order valence-corrected chi connectivity index (χ3v) is 6.25. The maximum atomic E-state index is 13.9. The van der Waals surface area contributed by atoms with Crippen LogP contribution in [0, 0.1) is 18.2 Å². The third kappa shape index (κ3) is 3.43. The summed E-state index contributed by atoms with van der Waals surface area (Å²) in [5.41, 5.74) is 1.99. The Morgan fingerprint density at radius 3 is 2.60 bits per heavy atom. The number of aryl methyl sites for hydroxylation is 1. The Kier molecular flexibility index (Phi) is 4.50. The van der Waals surface area contributed by atoms with Crippen molar-refractivity contribution in [2.24, 2.45) is 10.4 Å². The van der Waals surface area contributed by atoms with E-state index in [0.29, 0.717) is 18.0 Å². The number of carbonyl (C=O) groups is 1. The smallest absolute Gasteiger partial charge is 0.310 e. The number of hydrogen-bond donors (Lipinski definition) is 1. The first kappa shape index (κ1) is 19.1. The monoisotopic (exact) mass is 409 g/mol. The average Bonchev–Trinajstić information content (AvgIpc) is 3.51. The number of benzene rings is 2. The number of rotatable bonds is 3. The highest BCUT2D eigenvalue weighted by Gasteiger charge is 2.51. The van der Waals surface area contributed by atoms with Gasteiger partial charge in [-0.05, 0) is 49.6 Å². The van der Waals surface area contributed by atoms with Crippen LogP contribution in [-0.2, 0) is 4.79 Å². The second kappa shape index (κ2) is 7.09. The molecule has 1 N–H and O–H groups in total. The zero-order chi connectivity index (χ0) is 20.9. The molecule has 156 valence electrons. The van der Waals surface area contributed by atoms with Crippen LogP contribution < -0.4 is 4.74 Å². The molecule has 0 spiro atoms. The molecule has 0 radical (unpaired) electrons. The highest BCUT2D eigenvalue weighted by Crippen LogP contribution is 2.46. The number of hydrogen-bond acceptors (Lipinski definition) is 5. The van der Waals surface area contributed by atoms with E-state index >= 15 is 0 Å². The first-order valence-corrected chi connectivity index (χ1v) is 10.3. The number of aliphatic imine (C=N–C) groups is 1. The Bertz CT molecular complexity index is 1040. The molecule has 3 aliphatic rings. The number of halogens is 1. The lowest BCUT2D eigenvalue weighted by Gasteiger charge is -2.37. The molecule has 2 fully saturated rings. The highest BCUT2D eigenvalue weighted by atomic mass is 19.1. The van der Waals surface area contributed by atoms with Crippen LogP contribution in [0.1, 0.15) is 24.0 Å². The summed E-state index contributed by atoms with van der Waals surface area (Å²) < 4.78 is 20.0. The van der Waals surface area contributed by atoms with Gasteiger partial charge in [0, 0.05) is 38.8 Å². The normalized spacial score (nSPS) is 19.8. The molecule has 0 bridgehead atoms. The number of fused-ring (bicyclic) bond motifs is 2. The third-order valence-electron chi connectivity index (χ3n) is 6.25. The molecule has 0 amide bonds. The van der Waals surface area contributed by atoms with Gasteiger partial charge >= 0.3 is 5.97 Å². The van der Waals surface area contributed by atoms with Gasteiger partial charge in [-0.2, -0.15) is 0 Å². The van der Waals surface area contributed by atoms with Crippen molar-refractivity contribution in [3.8, 4) is 11.5 Å². The lowest BCUT2D eigenvalue weighted by Crippen LogP contribution is -2.50. The minimum absolute atomic E-state index is 0.350. The minimum Gasteiger partial charge on any atom is -0.481 e. The van der Waals surface area contributed by atoms with Gasteiger partial charge in [-0.1, -0.05) is 6.07 Å². The summed E-state index contributed by atoms with van der Waals surface area (Å²) in [5.74, 6) is 0.818. The Balaban J connectivity index is 1.42. The maximum Gasteiger partial charge on any atom is 0.310 e. The van der Waals surface area contributed by atoms with Crippen LogP contribution in [0.4, 0.5) is 10.1 Å². The first-order chi connectivity index (χ1) is 14.4. The molecule has 1 saturated carbocycles. The molecule has 2 heterocycles. The molecular weight excluding hydrogens is 385 g/mol. The van der Waals surface area contributed by atoms with E-state index in [4.69, 9.17) is 9.73 Å². The van der Waals surface area contributed by atoms with E-state index < -0.39 is 11.4 Å². The summed E-state index contributed by atoms with van der Waals surface area (Å²) in [6.07, 6.45) is 1.53. The summed E-state index contributed by atoms with van der Waals surface area (Å²) >= 11 is 0. The van der Waals surface area contributed by atoms with Crippen molar-refractivity contribution in [3.05, 3.63) is 53.3 Å². The van der Waals surface area contributed by atoms with Crippen LogP contribution in [0.2, 0.25) is 0 Å². The van der Waals surface area contributed by atoms with Gasteiger partial charge in [0.1, 0.15) is 23.1 Å². The average molecular weight is 409 g/mol.